The summed E-state index contributed by atoms with van der Waals surface area (Å²) in [5.74, 6) is 0.325. The molecule has 0 aliphatic heterocycles. The molecule has 5 nitrogen and oxygen atoms in total. The number of furan rings is 1. The molecule has 0 aliphatic carbocycles. The molecule has 0 saturated carbocycles. The van der Waals surface area contributed by atoms with Crippen LogP contribution in [-0.2, 0) is 24.1 Å². The third-order valence-electron chi connectivity index (χ3n) is 6.83. The molecule has 0 aliphatic rings. The molecule has 0 radical (unpaired) electrons. The number of ether oxygens (including phenoxy) is 1. The predicted octanol–water partition coefficient (Wildman–Crippen LogP) is 7.80. The molecule has 206 valence electrons. The topological polar surface area (TPSA) is 56.4 Å². The lowest BCUT2D eigenvalue weighted by atomic mass is 9.87. The normalized spacial score (nSPS) is 12.4. The minimum atomic E-state index is -4.64. The molecule has 3 aromatic carbocycles. The van der Waals surface area contributed by atoms with Crippen molar-refractivity contribution in [2.45, 2.75) is 31.6 Å². The summed E-state index contributed by atoms with van der Waals surface area (Å²) in [4.78, 5) is 13.1. The smallest absolute Gasteiger partial charge is 0.417 e. The van der Waals surface area contributed by atoms with E-state index in [4.69, 9.17) is 20.8 Å². The van der Waals surface area contributed by atoms with Crippen LogP contribution in [0.15, 0.2) is 95.7 Å². The van der Waals surface area contributed by atoms with E-state index in [0.29, 0.717) is 17.9 Å². The van der Waals surface area contributed by atoms with Gasteiger partial charge in [-0.1, -0.05) is 48.0 Å². The molecule has 2 heterocycles. The molecular weight excluding hydrogens is 541 g/mol. The number of para-hydroxylation sites is 1. The Balaban J connectivity index is 1.56. The summed E-state index contributed by atoms with van der Waals surface area (Å²) in [7, 11) is 1.60. The number of halogens is 4. The molecule has 2 aromatic heterocycles. The summed E-state index contributed by atoms with van der Waals surface area (Å²) in [6, 6.07) is 22.6. The van der Waals surface area contributed by atoms with Crippen LogP contribution in [0.4, 0.5) is 13.2 Å². The Labute approximate surface area is 234 Å². The van der Waals surface area contributed by atoms with E-state index in [-0.39, 0.29) is 23.9 Å². The standard InChI is InChI=1S/C31H26ClF3N2O3/c1-39-22-11-8-20(9-12-22)18-37-19-26(24-6-2-3-7-29(24)37)25(16-30(38)36-17-23-5-4-14-40-23)21-10-13-28(32)27(15-21)31(33,34)35/h2-15,19,25H,16-18H2,1H3,(H,36,38)/t25-/m0/s1. The highest BCUT2D eigenvalue weighted by atomic mass is 35.5. The van der Waals surface area contributed by atoms with Gasteiger partial charge in [0.25, 0.3) is 0 Å². The molecular formula is C31H26ClF3N2O3. The number of aromatic nitrogens is 1. The number of hydrogen-bond donors (Lipinski definition) is 1. The third kappa shape index (κ3) is 6.02. The van der Waals surface area contributed by atoms with Crippen molar-refractivity contribution in [2.75, 3.05) is 7.11 Å². The number of fused-ring (bicyclic) bond motifs is 1. The van der Waals surface area contributed by atoms with E-state index in [9.17, 15) is 18.0 Å². The second-order valence-electron chi connectivity index (χ2n) is 9.43. The fraction of sp³-hybridized carbons (Fsp3) is 0.194. The first-order valence-corrected chi connectivity index (χ1v) is 13.0. The van der Waals surface area contributed by atoms with Crippen LogP contribution >= 0.6 is 11.6 Å². The molecule has 0 unspecified atom stereocenters. The summed E-state index contributed by atoms with van der Waals surface area (Å²) < 4.78 is 54.0. The van der Waals surface area contributed by atoms with E-state index < -0.39 is 17.7 Å². The van der Waals surface area contributed by atoms with Crippen molar-refractivity contribution in [3.63, 3.8) is 0 Å². The summed E-state index contributed by atoms with van der Waals surface area (Å²) in [5, 5.41) is 3.28. The molecule has 5 aromatic rings. The first-order valence-electron chi connectivity index (χ1n) is 12.6. The predicted molar refractivity (Wildman–Crippen MR) is 148 cm³/mol. The number of alkyl halides is 3. The van der Waals surface area contributed by atoms with Gasteiger partial charge >= 0.3 is 6.18 Å². The van der Waals surface area contributed by atoms with Gasteiger partial charge < -0.3 is 19.0 Å². The lowest BCUT2D eigenvalue weighted by molar-refractivity contribution is -0.137. The van der Waals surface area contributed by atoms with Crippen molar-refractivity contribution < 1.29 is 27.1 Å². The van der Waals surface area contributed by atoms with Gasteiger partial charge in [-0.2, -0.15) is 13.2 Å². The monoisotopic (exact) mass is 566 g/mol. The Morgan fingerprint density at radius 3 is 2.52 bits per heavy atom. The van der Waals surface area contributed by atoms with E-state index in [1.165, 1.54) is 12.3 Å². The van der Waals surface area contributed by atoms with Crippen molar-refractivity contribution in [2.24, 2.45) is 0 Å². The molecule has 1 atom stereocenters. The highest BCUT2D eigenvalue weighted by molar-refractivity contribution is 6.31. The summed E-state index contributed by atoms with van der Waals surface area (Å²) in [6.07, 6.45) is -1.28. The number of nitrogens with one attached hydrogen (secondary N) is 1. The highest BCUT2D eigenvalue weighted by Crippen LogP contribution is 2.40. The van der Waals surface area contributed by atoms with Crippen molar-refractivity contribution >= 4 is 28.4 Å². The van der Waals surface area contributed by atoms with Crippen LogP contribution < -0.4 is 10.1 Å². The van der Waals surface area contributed by atoms with Gasteiger partial charge in [-0.15, -0.1) is 0 Å². The van der Waals surface area contributed by atoms with Crippen LogP contribution in [0.3, 0.4) is 0 Å². The number of carbonyl (C=O) groups is 1. The first kappa shape index (κ1) is 27.4. The van der Waals surface area contributed by atoms with E-state index >= 15 is 0 Å². The molecule has 0 bridgehead atoms. The molecule has 0 fully saturated rings. The maximum absolute atomic E-state index is 13.8. The van der Waals surface area contributed by atoms with Gasteiger partial charge in [0.2, 0.25) is 5.91 Å². The Morgan fingerprint density at radius 1 is 1.05 bits per heavy atom. The van der Waals surface area contributed by atoms with Gasteiger partial charge in [0, 0.05) is 36.0 Å². The Kier molecular flexibility index (Phi) is 7.89. The minimum Gasteiger partial charge on any atom is -0.497 e. The lowest BCUT2D eigenvalue weighted by Gasteiger charge is -2.19. The Morgan fingerprint density at radius 2 is 1.82 bits per heavy atom. The van der Waals surface area contributed by atoms with Gasteiger partial charge in [-0.3, -0.25) is 4.79 Å². The quantitative estimate of drug-likeness (QED) is 0.198. The van der Waals surface area contributed by atoms with Gasteiger partial charge in [0.05, 0.1) is 30.5 Å². The zero-order valence-corrected chi connectivity index (χ0v) is 22.3. The summed E-state index contributed by atoms with van der Waals surface area (Å²) in [6.45, 7) is 0.697. The van der Waals surface area contributed by atoms with Crippen molar-refractivity contribution in [3.05, 3.63) is 124 Å². The minimum absolute atomic E-state index is 0.0732. The molecule has 0 saturated heterocycles. The number of carbonyl (C=O) groups excluding carboxylic acids is 1. The van der Waals surface area contributed by atoms with Crippen LogP contribution in [0.2, 0.25) is 5.02 Å². The largest absolute Gasteiger partial charge is 0.497 e. The average molecular weight is 567 g/mol. The van der Waals surface area contributed by atoms with Gasteiger partial charge in [-0.25, -0.2) is 0 Å². The second kappa shape index (κ2) is 11.5. The number of methoxy groups -OCH3 is 1. The fourth-order valence-corrected chi connectivity index (χ4v) is 5.08. The van der Waals surface area contributed by atoms with Crippen LogP contribution in [0.1, 0.15) is 40.4 Å². The maximum Gasteiger partial charge on any atom is 0.417 e. The lowest BCUT2D eigenvalue weighted by Crippen LogP contribution is -2.25. The van der Waals surface area contributed by atoms with Crippen molar-refractivity contribution in [3.8, 4) is 5.75 Å². The Bertz CT molecular complexity index is 1610. The molecule has 5 rings (SSSR count). The van der Waals surface area contributed by atoms with Gasteiger partial charge in [-0.05, 0) is 59.2 Å². The molecule has 40 heavy (non-hydrogen) atoms. The van der Waals surface area contributed by atoms with E-state index in [1.807, 2.05) is 59.3 Å². The zero-order valence-electron chi connectivity index (χ0n) is 21.5. The van der Waals surface area contributed by atoms with E-state index in [0.717, 1.165) is 33.8 Å². The zero-order chi connectivity index (χ0) is 28.3. The second-order valence-corrected chi connectivity index (χ2v) is 9.83. The van der Waals surface area contributed by atoms with Crippen LogP contribution in [0.25, 0.3) is 10.9 Å². The number of nitrogens with zero attached hydrogens (tertiary/aromatic N) is 1. The highest BCUT2D eigenvalue weighted by Gasteiger charge is 2.34. The first-order chi connectivity index (χ1) is 19.2. The van der Waals surface area contributed by atoms with Crippen LogP contribution in [0.5, 0.6) is 5.75 Å². The maximum atomic E-state index is 13.8. The number of benzene rings is 3. The summed E-state index contributed by atoms with van der Waals surface area (Å²) >= 11 is 5.93. The summed E-state index contributed by atoms with van der Waals surface area (Å²) in [5.41, 5.74) is 2.07. The third-order valence-corrected chi connectivity index (χ3v) is 7.16. The van der Waals surface area contributed by atoms with E-state index in [1.54, 1.807) is 25.3 Å². The van der Waals surface area contributed by atoms with Crippen molar-refractivity contribution in [1.82, 2.24) is 9.88 Å². The van der Waals surface area contributed by atoms with E-state index in [2.05, 4.69) is 5.32 Å². The number of rotatable bonds is 9. The number of amides is 1. The van der Waals surface area contributed by atoms with Crippen LogP contribution in [0, 0.1) is 0 Å². The van der Waals surface area contributed by atoms with Crippen molar-refractivity contribution in [1.29, 1.82) is 0 Å². The average Bonchev–Trinajstić information content (AvgIpc) is 3.59. The van der Waals surface area contributed by atoms with Gasteiger partial charge in [0.15, 0.2) is 0 Å². The fourth-order valence-electron chi connectivity index (χ4n) is 4.85. The SMILES string of the molecule is COc1ccc(Cn2cc([C@@H](CC(=O)NCc3ccco3)c3ccc(Cl)c(C(F)(F)F)c3)c3ccccc32)cc1. The molecule has 9 heteroatoms. The molecule has 1 amide bonds. The van der Waals surface area contributed by atoms with Crippen LogP contribution in [-0.4, -0.2) is 17.6 Å². The Hall–Kier alpha value is -4.17. The number of hydrogen-bond acceptors (Lipinski definition) is 3. The molecule has 1 N–H and O–H groups in total. The molecule has 0 spiro atoms. The van der Waals surface area contributed by atoms with Gasteiger partial charge in [0.1, 0.15) is 11.5 Å².